The third-order valence-corrected chi connectivity index (χ3v) is 9.44. The van der Waals surface area contributed by atoms with Crippen molar-refractivity contribution in [3.8, 4) is 11.6 Å². The molecule has 3 aromatic rings. The van der Waals surface area contributed by atoms with Crippen molar-refractivity contribution in [3.63, 3.8) is 0 Å². The summed E-state index contributed by atoms with van der Waals surface area (Å²) in [6.07, 6.45) is 4.45. The lowest BCUT2D eigenvalue weighted by Crippen LogP contribution is -2.62. The third kappa shape index (κ3) is 7.78. The first kappa shape index (κ1) is 36.3. The van der Waals surface area contributed by atoms with Crippen molar-refractivity contribution in [1.29, 1.82) is 0 Å². The van der Waals surface area contributed by atoms with Crippen molar-refractivity contribution in [2.45, 2.75) is 78.9 Å². The van der Waals surface area contributed by atoms with Crippen LogP contribution in [0.4, 0.5) is 10.2 Å². The molecule has 0 radical (unpaired) electrons. The molecule has 2 aromatic heterocycles. The number of likely N-dealkylation sites (tertiary alicyclic amines) is 1. The Morgan fingerprint density at radius 2 is 1.76 bits per heavy atom. The van der Waals surface area contributed by atoms with E-state index in [1.54, 1.807) is 7.11 Å². The number of hydrogen-bond donors (Lipinski definition) is 1. The highest BCUT2D eigenvalue weighted by Gasteiger charge is 2.50. The Bertz CT molecular complexity index is 1730. The molecular formula is C34H48FN7O7. The Morgan fingerprint density at radius 1 is 1.06 bits per heavy atom. The van der Waals surface area contributed by atoms with E-state index in [1.807, 2.05) is 27.7 Å². The molecule has 2 aliphatic heterocycles. The van der Waals surface area contributed by atoms with Crippen LogP contribution >= 0.6 is 0 Å². The molecule has 1 unspecified atom stereocenters. The van der Waals surface area contributed by atoms with E-state index >= 15 is 4.39 Å². The number of amides is 1. The zero-order chi connectivity index (χ0) is 35.5. The van der Waals surface area contributed by atoms with Crippen molar-refractivity contribution in [3.05, 3.63) is 44.6 Å². The minimum absolute atomic E-state index is 0.0618. The number of nitrogens with zero attached hydrogens (tertiary/aromatic N) is 6. The molecule has 268 valence electrons. The Labute approximate surface area is 284 Å². The van der Waals surface area contributed by atoms with Gasteiger partial charge in [0.05, 0.1) is 12.2 Å². The van der Waals surface area contributed by atoms with Crippen LogP contribution in [0.1, 0.15) is 71.2 Å². The zero-order valence-corrected chi connectivity index (χ0v) is 29.5. The first-order valence-corrected chi connectivity index (χ1v) is 17.0. The van der Waals surface area contributed by atoms with Gasteiger partial charge in [0.25, 0.3) is 11.8 Å². The average Bonchev–Trinajstić information content (AvgIpc) is 3.48. The number of anilines is 1. The van der Waals surface area contributed by atoms with Gasteiger partial charge >= 0.3 is 11.3 Å². The van der Waals surface area contributed by atoms with Crippen molar-refractivity contribution in [2.75, 3.05) is 57.9 Å². The molecule has 1 N–H and O–H groups in total. The highest BCUT2D eigenvalue weighted by molar-refractivity contribution is 6.02. The molecule has 1 amide bonds. The zero-order valence-electron chi connectivity index (χ0n) is 29.5. The van der Waals surface area contributed by atoms with Crippen LogP contribution in [0.3, 0.4) is 0 Å². The number of carbonyl (C=O) groups is 1. The summed E-state index contributed by atoms with van der Waals surface area (Å²) in [7, 11) is 1.71. The molecule has 15 heteroatoms. The molecule has 1 spiro atoms. The first-order chi connectivity index (χ1) is 23.4. The first-order valence-electron chi connectivity index (χ1n) is 17.0. The number of nitrogens with one attached hydrogen (secondary N) is 1. The predicted octanol–water partition coefficient (Wildman–Crippen LogP) is 3.67. The second-order valence-corrected chi connectivity index (χ2v) is 14.0. The van der Waals surface area contributed by atoms with Gasteiger partial charge < -0.3 is 33.4 Å². The van der Waals surface area contributed by atoms with Gasteiger partial charge in [-0.3, -0.25) is 9.69 Å². The number of rotatable bonds is 15. The van der Waals surface area contributed by atoms with E-state index in [-0.39, 0.29) is 34.7 Å². The number of ether oxygens (including phenoxy) is 2. The fourth-order valence-corrected chi connectivity index (χ4v) is 7.25. The largest absolute Gasteiger partial charge is 0.430 e. The van der Waals surface area contributed by atoms with Gasteiger partial charge in [-0.1, -0.05) is 13.8 Å². The van der Waals surface area contributed by atoms with Crippen molar-refractivity contribution in [2.24, 2.45) is 11.3 Å². The van der Waals surface area contributed by atoms with E-state index in [9.17, 15) is 14.4 Å². The van der Waals surface area contributed by atoms with Crippen LogP contribution in [-0.2, 0) is 4.74 Å². The summed E-state index contributed by atoms with van der Waals surface area (Å²) in [5.74, 6) is -1.12. The average molecular weight is 686 g/mol. The van der Waals surface area contributed by atoms with Gasteiger partial charge in [-0.05, 0) is 65.5 Å². The minimum Gasteiger partial charge on any atom is -0.430 e. The van der Waals surface area contributed by atoms with Crippen LogP contribution in [0.25, 0.3) is 11.2 Å². The maximum Gasteiger partial charge on any atom is 0.423 e. The standard InChI is InChI=1S/C34H48FN7O7/c1-20(2)25(9-8-11-36-12-14-46-7)41-17-34(18-41)10-13-40(16-34)29-30(39-38-19-37-29)47-26-23(31(43)42(21(3)4)22(5)6)15-24(35)27-28(26)49-33(45)32(44)48-27/h15,19-22,25,36H,8-14,16-18H2,1-7H3. The maximum absolute atomic E-state index is 15.3. The van der Waals surface area contributed by atoms with Gasteiger partial charge in [-0.15, -0.1) is 10.2 Å². The van der Waals surface area contributed by atoms with Crippen LogP contribution in [0.15, 0.2) is 30.8 Å². The minimum atomic E-state index is -1.39. The summed E-state index contributed by atoms with van der Waals surface area (Å²) in [4.78, 5) is 48.9. The van der Waals surface area contributed by atoms with Crippen molar-refractivity contribution >= 4 is 22.9 Å². The van der Waals surface area contributed by atoms with Gasteiger partial charge in [0.15, 0.2) is 17.4 Å². The molecule has 0 aliphatic carbocycles. The highest BCUT2D eigenvalue weighted by atomic mass is 19.1. The number of carbonyl (C=O) groups excluding carboxylic acids is 1. The summed E-state index contributed by atoms with van der Waals surface area (Å²) < 4.78 is 36.8. The summed E-state index contributed by atoms with van der Waals surface area (Å²) >= 11 is 0. The highest BCUT2D eigenvalue weighted by Crippen LogP contribution is 2.45. The number of fused-ring (bicyclic) bond motifs is 1. The van der Waals surface area contributed by atoms with E-state index in [0.29, 0.717) is 37.5 Å². The Morgan fingerprint density at radius 3 is 2.41 bits per heavy atom. The van der Waals surface area contributed by atoms with E-state index < -0.39 is 34.1 Å². The molecule has 2 saturated heterocycles. The second kappa shape index (κ2) is 15.3. The molecule has 14 nitrogen and oxygen atoms in total. The summed E-state index contributed by atoms with van der Waals surface area (Å²) in [6.45, 7) is 17.7. The molecule has 1 aromatic carbocycles. The van der Waals surface area contributed by atoms with Gasteiger partial charge in [-0.25, -0.2) is 19.0 Å². The van der Waals surface area contributed by atoms with Gasteiger partial charge in [0, 0.05) is 63.4 Å². The molecule has 2 aliphatic rings. The van der Waals surface area contributed by atoms with Crippen LogP contribution in [0, 0.1) is 17.2 Å². The third-order valence-electron chi connectivity index (χ3n) is 9.44. The summed E-state index contributed by atoms with van der Waals surface area (Å²) in [6, 6.07) is 0.879. The number of methoxy groups -OCH3 is 1. The summed E-state index contributed by atoms with van der Waals surface area (Å²) in [5.41, 5.74) is -4.11. The molecule has 2 fully saturated rings. The molecule has 1 atom stereocenters. The molecule has 0 saturated carbocycles. The lowest BCUT2D eigenvalue weighted by atomic mass is 9.76. The number of benzene rings is 1. The predicted molar refractivity (Wildman–Crippen MR) is 181 cm³/mol. The van der Waals surface area contributed by atoms with Crippen LogP contribution in [-0.4, -0.2) is 102 Å². The van der Waals surface area contributed by atoms with E-state index in [4.69, 9.17) is 18.3 Å². The SMILES string of the molecule is COCCNCCCC(C(C)C)N1CC2(CCN(c3ncnnc3Oc3c(C(=O)N(C(C)C)C(C)C)cc(F)c4oc(=O)c(=O)oc34)C2)C1. The maximum atomic E-state index is 15.3. The normalized spacial score (nSPS) is 16.7. The van der Waals surface area contributed by atoms with Crippen LogP contribution in [0.2, 0.25) is 0 Å². The summed E-state index contributed by atoms with van der Waals surface area (Å²) in [5, 5.41) is 11.5. The molecule has 0 bridgehead atoms. The van der Waals surface area contributed by atoms with E-state index in [0.717, 1.165) is 51.5 Å². The van der Waals surface area contributed by atoms with E-state index in [2.05, 4.69) is 44.1 Å². The fourth-order valence-electron chi connectivity index (χ4n) is 7.25. The number of halogens is 1. The number of aromatic nitrogens is 3. The van der Waals surface area contributed by atoms with Crippen molar-refractivity contribution < 1.29 is 27.5 Å². The fraction of sp³-hybridized carbons (Fsp3) is 0.647. The van der Waals surface area contributed by atoms with Gasteiger partial charge in [0.1, 0.15) is 6.33 Å². The lowest BCUT2D eigenvalue weighted by molar-refractivity contribution is -0.0339. The van der Waals surface area contributed by atoms with Crippen LogP contribution in [0.5, 0.6) is 11.6 Å². The topological polar surface area (TPSA) is 156 Å². The Hall–Kier alpha value is -3.95. The molecule has 49 heavy (non-hydrogen) atoms. The Kier molecular flexibility index (Phi) is 11.3. The molecule has 4 heterocycles. The lowest BCUT2D eigenvalue weighted by Gasteiger charge is -2.53. The van der Waals surface area contributed by atoms with Gasteiger partial charge in [0.2, 0.25) is 11.2 Å². The quantitative estimate of drug-likeness (QED) is 0.183. The molecular weight excluding hydrogens is 637 g/mol. The Balaban J connectivity index is 1.39. The molecule has 5 rings (SSSR count). The second-order valence-electron chi connectivity index (χ2n) is 14.0. The smallest absolute Gasteiger partial charge is 0.423 e. The van der Waals surface area contributed by atoms with Crippen LogP contribution < -0.4 is 26.2 Å². The van der Waals surface area contributed by atoms with Crippen molar-refractivity contribution in [1.82, 2.24) is 30.3 Å². The number of hydrogen-bond acceptors (Lipinski definition) is 13. The van der Waals surface area contributed by atoms with E-state index in [1.165, 1.54) is 11.2 Å². The monoisotopic (exact) mass is 685 g/mol. The van der Waals surface area contributed by atoms with Gasteiger partial charge in [-0.2, -0.15) is 0 Å².